The highest BCUT2D eigenvalue weighted by Crippen LogP contribution is 2.48. The Morgan fingerprint density at radius 1 is 0.885 bits per heavy atom. The van der Waals surface area contributed by atoms with Crippen molar-refractivity contribution < 1.29 is 46.2 Å². The summed E-state index contributed by atoms with van der Waals surface area (Å²) in [5, 5.41) is 11.4. The smallest absolute Gasteiger partial charge is 0.422 e. The number of rotatable bonds is 15. The maximum absolute atomic E-state index is 13.1. The van der Waals surface area contributed by atoms with Crippen LogP contribution in [0.2, 0.25) is 5.02 Å². The zero-order valence-corrected chi connectivity index (χ0v) is 28.0. The average molecular weight is 744 g/mol. The van der Waals surface area contributed by atoms with E-state index in [2.05, 4.69) is 36.2 Å². The largest absolute Gasteiger partial charge is 0.467 e. The van der Waals surface area contributed by atoms with Crippen molar-refractivity contribution in [3.05, 3.63) is 94.8 Å². The van der Waals surface area contributed by atoms with E-state index in [4.69, 9.17) is 21.1 Å². The Hall–Kier alpha value is -5.84. The van der Waals surface area contributed by atoms with Gasteiger partial charge in [0, 0.05) is 28.4 Å². The molecule has 0 saturated heterocycles. The van der Waals surface area contributed by atoms with E-state index < -0.39 is 66.2 Å². The van der Waals surface area contributed by atoms with Gasteiger partial charge < -0.3 is 30.7 Å². The fraction of sp³-hybridized carbons (Fsp3) is 0.265. The number of nitrogens with one attached hydrogen (secondary N) is 4. The number of halogens is 5. The van der Waals surface area contributed by atoms with E-state index in [1.165, 1.54) is 36.4 Å². The van der Waals surface area contributed by atoms with Crippen LogP contribution in [0.5, 0.6) is 6.01 Å². The Morgan fingerprint density at radius 3 is 2.13 bits per heavy atom. The van der Waals surface area contributed by atoms with Crippen LogP contribution in [0.4, 0.5) is 40.8 Å². The minimum Gasteiger partial charge on any atom is -0.467 e. The molecular formula is C34H30ClF4N7O6. The lowest BCUT2D eigenvalue weighted by Gasteiger charge is -2.19. The molecule has 13 nitrogen and oxygen atoms in total. The molecule has 0 aliphatic heterocycles. The molecule has 1 atom stereocenters. The highest BCUT2D eigenvalue weighted by atomic mass is 35.5. The number of nitrogens with zero attached hydrogens (tertiary/aromatic N) is 3. The maximum Gasteiger partial charge on any atom is 0.422 e. The third kappa shape index (κ3) is 10.3. The van der Waals surface area contributed by atoms with E-state index in [0.29, 0.717) is 23.6 Å². The number of amides is 2. The van der Waals surface area contributed by atoms with Gasteiger partial charge in [-0.15, -0.1) is 0 Å². The Bertz CT molecular complexity index is 1930. The van der Waals surface area contributed by atoms with E-state index in [0.717, 1.165) is 24.8 Å². The van der Waals surface area contributed by atoms with Gasteiger partial charge in [-0.25, -0.2) is 9.18 Å². The van der Waals surface area contributed by atoms with Gasteiger partial charge in [0.1, 0.15) is 11.9 Å². The van der Waals surface area contributed by atoms with Crippen molar-refractivity contribution in [2.75, 3.05) is 29.7 Å². The maximum atomic E-state index is 13.1. The second-order valence-corrected chi connectivity index (χ2v) is 12.0. The molecule has 1 aromatic heterocycles. The number of carbonyl (C=O) groups is 4. The van der Waals surface area contributed by atoms with E-state index in [-0.39, 0.29) is 29.6 Å². The summed E-state index contributed by atoms with van der Waals surface area (Å²) >= 11 is 6.02. The summed E-state index contributed by atoms with van der Waals surface area (Å²) < 4.78 is 61.4. The molecule has 272 valence electrons. The molecule has 1 fully saturated rings. The molecule has 1 saturated carbocycles. The van der Waals surface area contributed by atoms with Crippen molar-refractivity contribution in [2.45, 2.75) is 43.4 Å². The van der Waals surface area contributed by atoms with Gasteiger partial charge in [-0.05, 0) is 85.5 Å². The van der Waals surface area contributed by atoms with Crippen LogP contribution in [0.3, 0.4) is 0 Å². The minimum absolute atomic E-state index is 0.0432. The summed E-state index contributed by atoms with van der Waals surface area (Å²) in [7, 11) is 1.09. The topological polar surface area (TPSA) is 174 Å². The van der Waals surface area contributed by atoms with E-state index >= 15 is 0 Å². The van der Waals surface area contributed by atoms with Crippen LogP contribution < -0.4 is 26.0 Å². The number of aromatic nitrogens is 3. The van der Waals surface area contributed by atoms with Crippen molar-refractivity contribution in [3.8, 4) is 6.01 Å². The van der Waals surface area contributed by atoms with Crippen LogP contribution in [-0.4, -0.2) is 64.5 Å². The molecule has 4 aromatic rings. The number of hydrogen-bond donors (Lipinski definition) is 4. The molecule has 0 spiro atoms. The van der Waals surface area contributed by atoms with Gasteiger partial charge >= 0.3 is 18.2 Å². The second kappa shape index (κ2) is 16.0. The zero-order valence-electron chi connectivity index (χ0n) is 27.2. The third-order valence-electron chi connectivity index (χ3n) is 7.69. The first-order valence-corrected chi connectivity index (χ1v) is 16.0. The summed E-state index contributed by atoms with van der Waals surface area (Å²) in [6, 6.07) is 15.6. The number of ether oxygens (including phenoxy) is 2. The molecular weight excluding hydrogens is 714 g/mol. The highest BCUT2D eigenvalue weighted by Gasteiger charge is 2.45. The predicted molar refractivity (Wildman–Crippen MR) is 180 cm³/mol. The summed E-state index contributed by atoms with van der Waals surface area (Å²) in [5.74, 6) is -4.17. The molecule has 3 aromatic carbocycles. The molecule has 5 rings (SSSR count). The fourth-order valence-electron chi connectivity index (χ4n) is 4.86. The predicted octanol–water partition coefficient (Wildman–Crippen LogP) is 5.71. The number of carbonyl (C=O) groups excluding carboxylic acids is 4. The Balaban J connectivity index is 1.23. The zero-order chi connectivity index (χ0) is 37.5. The number of benzene rings is 3. The monoisotopic (exact) mass is 743 g/mol. The van der Waals surface area contributed by atoms with Crippen molar-refractivity contribution in [1.29, 1.82) is 0 Å². The summed E-state index contributed by atoms with van der Waals surface area (Å²) in [5.41, 5.74) is 0.930. The van der Waals surface area contributed by atoms with E-state index in [9.17, 15) is 36.7 Å². The van der Waals surface area contributed by atoms with Crippen LogP contribution in [0.25, 0.3) is 0 Å². The number of methoxy groups -OCH3 is 1. The Kier molecular flexibility index (Phi) is 11.5. The Labute approximate surface area is 298 Å². The first-order valence-electron chi connectivity index (χ1n) is 15.6. The number of alkyl halides is 3. The number of Topliss-reactive ketones (excluding diaryl/α,β-unsaturated/α-hetero) is 1. The lowest BCUT2D eigenvalue weighted by molar-refractivity contribution is -0.154. The van der Waals surface area contributed by atoms with Gasteiger partial charge in [0.25, 0.3) is 11.8 Å². The van der Waals surface area contributed by atoms with E-state index in [1.54, 1.807) is 12.1 Å². The van der Waals surface area contributed by atoms with E-state index in [1.807, 2.05) is 12.1 Å². The van der Waals surface area contributed by atoms with Crippen molar-refractivity contribution in [3.63, 3.8) is 0 Å². The summed E-state index contributed by atoms with van der Waals surface area (Å²) in [6.07, 6.45) is -3.93. The molecule has 0 unspecified atom stereocenters. The normalized spacial score (nSPS) is 13.7. The minimum atomic E-state index is -4.65. The van der Waals surface area contributed by atoms with Gasteiger partial charge in [0.15, 0.2) is 6.61 Å². The summed E-state index contributed by atoms with van der Waals surface area (Å²) in [6.45, 7) is -1.63. The lowest BCUT2D eigenvalue weighted by Crippen LogP contribution is -2.42. The molecule has 1 aliphatic carbocycles. The molecule has 2 amide bonds. The fourth-order valence-corrected chi connectivity index (χ4v) is 4.99. The molecule has 0 bridgehead atoms. The quantitative estimate of drug-likeness (QED) is 0.0668. The van der Waals surface area contributed by atoms with Crippen molar-refractivity contribution in [2.24, 2.45) is 0 Å². The van der Waals surface area contributed by atoms with Gasteiger partial charge in [-0.3, -0.25) is 14.4 Å². The van der Waals surface area contributed by atoms with Gasteiger partial charge in [0.05, 0.1) is 12.6 Å². The second-order valence-electron chi connectivity index (χ2n) is 11.6. The molecule has 1 aliphatic rings. The first-order chi connectivity index (χ1) is 24.7. The summed E-state index contributed by atoms with van der Waals surface area (Å²) in [4.78, 5) is 62.4. The molecule has 0 radical (unpaired) electrons. The standard InChI is InChI=1S/C34H30ClF4N7O6/c1-51-29(50)25(14-15-26(47)28(49)40-23-12-8-22(36)9-13-23)42-27(48)19-2-10-24(11-3-19)41-30-43-31(45-32(44-30)52-18-34(37,38)39)46-33(16-17-33)20-4-6-21(35)7-5-20/h2-13,25H,14-18H2,1H3,(H,40,49)(H,42,48)(H2,41,43,44,45,46)/t25-/m0/s1. The third-order valence-corrected chi connectivity index (χ3v) is 7.94. The van der Waals surface area contributed by atoms with Crippen LogP contribution in [-0.2, 0) is 24.7 Å². The Morgan fingerprint density at radius 2 is 1.52 bits per heavy atom. The number of esters is 1. The molecule has 1 heterocycles. The lowest BCUT2D eigenvalue weighted by atomic mass is 10.1. The SMILES string of the molecule is COC(=O)[C@H](CCC(=O)C(=O)Nc1ccc(F)cc1)NC(=O)c1ccc(Nc2nc(NC3(c4ccc(Cl)cc4)CC3)nc(OCC(F)(F)F)n2)cc1. The van der Waals surface area contributed by atoms with Crippen LogP contribution in [0, 0.1) is 5.82 Å². The van der Waals surface area contributed by atoms with Crippen LogP contribution in [0.15, 0.2) is 72.8 Å². The average Bonchev–Trinajstić information content (AvgIpc) is 3.90. The van der Waals surface area contributed by atoms with Gasteiger partial charge in [-0.1, -0.05) is 23.7 Å². The molecule has 4 N–H and O–H groups in total. The van der Waals surface area contributed by atoms with Crippen LogP contribution in [0.1, 0.15) is 41.6 Å². The van der Waals surface area contributed by atoms with Gasteiger partial charge in [0.2, 0.25) is 17.7 Å². The first kappa shape index (κ1) is 37.4. The van der Waals surface area contributed by atoms with Crippen LogP contribution >= 0.6 is 11.6 Å². The number of anilines is 4. The molecule has 18 heteroatoms. The molecule has 52 heavy (non-hydrogen) atoms. The van der Waals surface area contributed by atoms with Gasteiger partial charge in [-0.2, -0.15) is 28.1 Å². The van der Waals surface area contributed by atoms with Crippen molar-refractivity contribution >= 4 is 58.4 Å². The highest BCUT2D eigenvalue weighted by molar-refractivity contribution is 6.40. The van der Waals surface area contributed by atoms with Crippen molar-refractivity contribution in [1.82, 2.24) is 20.3 Å². The number of hydrogen-bond acceptors (Lipinski definition) is 11. The number of ketones is 1.